The van der Waals surface area contributed by atoms with Gasteiger partial charge in [-0.25, -0.2) is 8.78 Å². The smallest absolute Gasteiger partial charge is 0.254 e. The Morgan fingerprint density at radius 2 is 2.06 bits per heavy atom. The van der Waals surface area contributed by atoms with E-state index in [2.05, 4.69) is 27.9 Å². The van der Waals surface area contributed by atoms with E-state index < -0.39 is 17.5 Å². The number of hydrogen-bond acceptors (Lipinski definition) is 1. The molecule has 0 saturated carbocycles. The maximum atomic E-state index is 13.3. The number of benzene rings is 1. The van der Waals surface area contributed by atoms with Crippen LogP contribution in [0.4, 0.5) is 8.78 Å². The average molecular weight is 353 g/mol. The molecule has 94 valence electrons. The molecule has 5 heteroatoms. The summed E-state index contributed by atoms with van der Waals surface area (Å²) in [7, 11) is 0. The van der Waals surface area contributed by atoms with Crippen LogP contribution < -0.4 is 5.32 Å². The van der Waals surface area contributed by atoms with Crippen LogP contribution in [0.5, 0.6) is 0 Å². The van der Waals surface area contributed by atoms with Crippen molar-refractivity contribution in [1.82, 2.24) is 5.32 Å². The number of alkyl halides is 1. The monoisotopic (exact) mass is 353 g/mol. The van der Waals surface area contributed by atoms with E-state index in [1.165, 1.54) is 0 Å². The minimum absolute atomic E-state index is 0.0502. The zero-order valence-corrected chi connectivity index (χ0v) is 11.8. The highest BCUT2D eigenvalue weighted by molar-refractivity contribution is 14.1. The number of hydrogen-bond donors (Lipinski definition) is 1. The first-order chi connectivity index (χ1) is 7.95. The third kappa shape index (κ3) is 3.90. The van der Waals surface area contributed by atoms with Crippen molar-refractivity contribution in [2.75, 3.05) is 4.43 Å². The first-order valence-electron chi connectivity index (χ1n) is 5.27. The van der Waals surface area contributed by atoms with Crippen LogP contribution in [0.3, 0.4) is 0 Å². The van der Waals surface area contributed by atoms with Crippen LogP contribution in [0, 0.1) is 17.6 Å². The zero-order valence-electron chi connectivity index (χ0n) is 9.64. The SMILES string of the molecule is CC(C)C(CI)NC(=O)c1cc(F)ccc1F. The molecular formula is C12H14F2INO. The van der Waals surface area contributed by atoms with Crippen LogP contribution in [0.1, 0.15) is 24.2 Å². The number of amides is 1. The topological polar surface area (TPSA) is 29.1 Å². The summed E-state index contributed by atoms with van der Waals surface area (Å²) in [5.74, 6) is -1.66. The standard InChI is InChI=1S/C12H14F2INO/c1-7(2)11(6-15)16-12(17)9-5-8(13)3-4-10(9)14/h3-5,7,11H,6H2,1-2H3,(H,16,17). The fourth-order valence-corrected chi connectivity index (χ4v) is 2.54. The summed E-state index contributed by atoms with van der Waals surface area (Å²) in [6.07, 6.45) is 0. The molecule has 1 N–H and O–H groups in total. The first kappa shape index (κ1) is 14.3. The van der Waals surface area contributed by atoms with Gasteiger partial charge in [-0.3, -0.25) is 4.79 Å². The summed E-state index contributed by atoms with van der Waals surface area (Å²) in [6, 6.07) is 2.81. The van der Waals surface area contributed by atoms with Crippen molar-refractivity contribution in [3.63, 3.8) is 0 Å². The van der Waals surface area contributed by atoms with Gasteiger partial charge in [0.2, 0.25) is 0 Å². The second kappa shape index (κ2) is 6.28. The molecule has 2 nitrogen and oxygen atoms in total. The van der Waals surface area contributed by atoms with Gasteiger partial charge >= 0.3 is 0 Å². The van der Waals surface area contributed by atoms with Crippen molar-refractivity contribution < 1.29 is 13.6 Å². The molecule has 1 aromatic rings. The Hall–Kier alpha value is -0.720. The van der Waals surface area contributed by atoms with E-state index in [-0.39, 0.29) is 17.5 Å². The Balaban J connectivity index is 2.86. The van der Waals surface area contributed by atoms with Crippen LogP contribution >= 0.6 is 22.6 Å². The van der Waals surface area contributed by atoms with Crippen LogP contribution in [-0.4, -0.2) is 16.4 Å². The van der Waals surface area contributed by atoms with E-state index in [0.717, 1.165) is 22.6 Å². The summed E-state index contributed by atoms with van der Waals surface area (Å²) < 4.78 is 27.0. The number of halogens is 3. The molecule has 0 aliphatic carbocycles. The van der Waals surface area contributed by atoms with Gasteiger partial charge in [-0.05, 0) is 24.1 Å². The molecule has 0 aliphatic rings. The van der Waals surface area contributed by atoms with Gasteiger partial charge < -0.3 is 5.32 Å². The molecule has 0 saturated heterocycles. The van der Waals surface area contributed by atoms with Crippen molar-refractivity contribution in [1.29, 1.82) is 0 Å². The number of nitrogens with one attached hydrogen (secondary N) is 1. The van der Waals surface area contributed by atoms with E-state index in [1.54, 1.807) is 0 Å². The van der Waals surface area contributed by atoms with Crippen molar-refractivity contribution in [3.05, 3.63) is 35.4 Å². The molecule has 1 unspecified atom stereocenters. The lowest BCUT2D eigenvalue weighted by atomic mass is 10.1. The van der Waals surface area contributed by atoms with Gasteiger partial charge in [-0.1, -0.05) is 36.4 Å². The molecule has 0 bridgehead atoms. The fraction of sp³-hybridized carbons (Fsp3) is 0.417. The highest BCUT2D eigenvalue weighted by atomic mass is 127. The molecule has 1 atom stereocenters. The summed E-state index contributed by atoms with van der Waals surface area (Å²) in [5.41, 5.74) is -0.250. The van der Waals surface area contributed by atoms with Crippen LogP contribution in [0.15, 0.2) is 18.2 Å². The van der Waals surface area contributed by atoms with Gasteiger partial charge in [-0.2, -0.15) is 0 Å². The minimum atomic E-state index is -0.708. The second-order valence-electron chi connectivity index (χ2n) is 4.10. The van der Waals surface area contributed by atoms with Crippen molar-refractivity contribution in [2.24, 2.45) is 5.92 Å². The van der Waals surface area contributed by atoms with Gasteiger partial charge in [0.05, 0.1) is 5.56 Å². The average Bonchev–Trinajstić information content (AvgIpc) is 2.28. The van der Waals surface area contributed by atoms with E-state index >= 15 is 0 Å². The highest BCUT2D eigenvalue weighted by Crippen LogP contribution is 2.12. The third-order valence-electron chi connectivity index (χ3n) is 2.46. The van der Waals surface area contributed by atoms with Crippen molar-refractivity contribution in [3.8, 4) is 0 Å². The summed E-state index contributed by atoms with van der Waals surface area (Å²) in [6.45, 7) is 3.93. The molecular weight excluding hydrogens is 339 g/mol. The molecule has 17 heavy (non-hydrogen) atoms. The third-order valence-corrected chi connectivity index (χ3v) is 3.41. The van der Waals surface area contributed by atoms with Gasteiger partial charge in [-0.15, -0.1) is 0 Å². The van der Waals surface area contributed by atoms with E-state index in [4.69, 9.17) is 0 Å². The summed E-state index contributed by atoms with van der Waals surface area (Å²) in [4.78, 5) is 11.8. The number of carbonyl (C=O) groups is 1. The molecule has 0 spiro atoms. The normalized spacial score (nSPS) is 12.6. The molecule has 0 fully saturated rings. The van der Waals surface area contributed by atoms with E-state index in [1.807, 2.05) is 13.8 Å². The van der Waals surface area contributed by atoms with Crippen molar-refractivity contribution >= 4 is 28.5 Å². The maximum absolute atomic E-state index is 13.3. The van der Waals surface area contributed by atoms with Crippen molar-refractivity contribution in [2.45, 2.75) is 19.9 Å². The van der Waals surface area contributed by atoms with Gasteiger partial charge in [0.1, 0.15) is 11.6 Å². The van der Waals surface area contributed by atoms with E-state index in [0.29, 0.717) is 0 Å². The summed E-state index contributed by atoms with van der Waals surface area (Å²) in [5, 5.41) is 2.70. The molecule has 0 heterocycles. The Morgan fingerprint density at radius 1 is 1.41 bits per heavy atom. The van der Waals surface area contributed by atoms with Gasteiger partial charge in [0.25, 0.3) is 5.91 Å². The molecule has 1 amide bonds. The molecule has 1 rings (SSSR count). The lowest BCUT2D eigenvalue weighted by Gasteiger charge is -2.20. The quantitative estimate of drug-likeness (QED) is 0.654. The van der Waals surface area contributed by atoms with Crippen LogP contribution in [0.25, 0.3) is 0 Å². The van der Waals surface area contributed by atoms with Gasteiger partial charge in [0.15, 0.2) is 0 Å². The Kier molecular flexibility index (Phi) is 5.30. The Morgan fingerprint density at radius 3 is 2.59 bits per heavy atom. The predicted molar refractivity (Wildman–Crippen MR) is 71.3 cm³/mol. The molecule has 1 aromatic carbocycles. The highest BCUT2D eigenvalue weighted by Gasteiger charge is 2.18. The number of carbonyl (C=O) groups excluding carboxylic acids is 1. The van der Waals surface area contributed by atoms with Gasteiger partial charge in [0, 0.05) is 10.5 Å². The Labute approximate surface area is 113 Å². The second-order valence-corrected chi connectivity index (χ2v) is 4.98. The largest absolute Gasteiger partial charge is 0.348 e. The lowest BCUT2D eigenvalue weighted by Crippen LogP contribution is -2.40. The van der Waals surface area contributed by atoms with E-state index in [9.17, 15) is 13.6 Å². The van der Waals surface area contributed by atoms with Crippen LogP contribution in [0.2, 0.25) is 0 Å². The maximum Gasteiger partial charge on any atom is 0.254 e. The molecule has 0 aromatic heterocycles. The number of rotatable bonds is 4. The zero-order chi connectivity index (χ0) is 13.0. The Bertz CT molecular complexity index is 409. The predicted octanol–water partition coefficient (Wildman–Crippen LogP) is 3.15. The lowest BCUT2D eigenvalue weighted by molar-refractivity contribution is 0.0927. The van der Waals surface area contributed by atoms with Crippen LogP contribution in [-0.2, 0) is 0 Å². The molecule has 0 aliphatic heterocycles. The fourth-order valence-electron chi connectivity index (χ4n) is 1.30. The first-order valence-corrected chi connectivity index (χ1v) is 6.80. The summed E-state index contributed by atoms with van der Waals surface area (Å²) >= 11 is 2.15. The molecule has 0 radical (unpaired) electrons. The minimum Gasteiger partial charge on any atom is -0.348 e.